The molecular formula is C30H27N3O5. The quantitative estimate of drug-likeness (QED) is 0.199. The van der Waals surface area contributed by atoms with Gasteiger partial charge >= 0.3 is 6.03 Å². The van der Waals surface area contributed by atoms with Gasteiger partial charge in [-0.1, -0.05) is 60.7 Å². The number of aryl methyl sites for hydroxylation is 1. The summed E-state index contributed by atoms with van der Waals surface area (Å²) in [7, 11) is 1.61. The fourth-order valence-electron chi connectivity index (χ4n) is 4.49. The largest absolute Gasteiger partial charge is 0.493 e. The van der Waals surface area contributed by atoms with Crippen molar-refractivity contribution in [3.63, 3.8) is 0 Å². The molecule has 1 fully saturated rings. The monoisotopic (exact) mass is 509 g/mol. The molecule has 1 aliphatic rings. The standard InChI is InChI=1S/C30H27N3O5/c1-37-26-14-7-8-15-27(26)38-17-9-16-32-20-22(23-12-5-6-13-25(23)32)18-24-28(34)31-30(36)33(29(24)35)19-21-10-3-2-4-11-21/h2-8,10-15,18,20H,9,16-17,19H2,1H3,(H,31,34,36)/b24-18+. The van der Waals surface area contributed by atoms with Crippen LogP contribution in [0, 0.1) is 0 Å². The SMILES string of the molecule is COc1ccccc1OCCCn1cc(/C=C2\C(=O)NC(=O)N(Cc3ccccc3)C2=O)c2ccccc21. The van der Waals surface area contributed by atoms with Crippen LogP contribution in [-0.4, -0.2) is 41.0 Å². The summed E-state index contributed by atoms with van der Waals surface area (Å²) in [5.41, 5.74) is 2.40. The summed E-state index contributed by atoms with van der Waals surface area (Å²) in [6.45, 7) is 1.22. The predicted molar refractivity (Wildman–Crippen MR) is 144 cm³/mol. The fraction of sp³-hybridized carbons (Fsp3) is 0.167. The number of nitrogens with zero attached hydrogens (tertiary/aromatic N) is 2. The second-order valence-electron chi connectivity index (χ2n) is 8.84. The molecule has 1 aliphatic heterocycles. The maximum atomic E-state index is 13.2. The number of hydrogen-bond donors (Lipinski definition) is 1. The summed E-state index contributed by atoms with van der Waals surface area (Å²) in [6, 6.07) is 23.8. The first-order chi connectivity index (χ1) is 18.5. The molecule has 0 spiro atoms. The van der Waals surface area contributed by atoms with E-state index < -0.39 is 17.8 Å². The Morgan fingerprint density at radius 3 is 2.37 bits per heavy atom. The van der Waals surface area contributed by atoms with Crippen LogP contribution in [0.5, 0.6) is 11.5 Å². The number of benzene rings is 3. The molecule has 5 rings (SSSR count). The van der Waals surface area contributed by atoms with Gasteiger partial charge in [0.15, 0.2) is 11.5 Å². The zero-order valence-corrected chi connectivity index (χ0v) is 20.9. The van der Waals surface area contributed by atoms with Gasteiger partial charge in [0, 0.05) is 29.2 Å². The molecule has 0 saturated carbocycles. The van der Waals surface area contributed by atoms with Crippen molar-refractivity contribution < 1.29 is 23.9 Å². The number of urea groups is 1. The number of imide groups is 2. The van der Waals surface area contributed by atoms with Gasteiger partial charge in [0.2, 0.25) is 0 Å². The Morgan fingerprint density at radius 2 is 1.58 bits per heavy atom. The molecule has 192 valence electrons. The third-order valence-corrected chi connectivity index (χ3v) is 6.36. The lowest BCUT2D eigenvalue weighted by molar-refractivity contribution is -0.130. The van der Waals surface area contributed by atoms with Gasteiger partial charge in [-0.05, 0) is 36.3 Å². The Hall–Kier alpha value is -4.85. The lowest BCUT2D eigenvalue weighted by atomic mass is 10.1. The maximum absolute atomic E-state index is 13.2. The van der Waals surface area contributed by atoms with Crippen LogP contribution in [0.4, 0.5) is 4.79 Å². The van der Waals surface area contributed by atoms with Gasteiger partial charge in [0.05, 0.1) is 20.3 Å². The number of rotatable bonds is 9. The number of ether oxygens (including phenoxy) is 2. The Morgan fingerprint density at radius 1 is 0.868 bits per heavy atom. The van der Waals surface area contributed by atoms with Crippen LogP contribution in [0.15, 0.2) is 90.6 Å². The number of nitrogens with one attached hydrogen (secondary N) is 1. The molecule has 8 nitrogen and oxygen atoms in total. The van der Waals surface area contributed by atoms with Crippen LogP contribution < -0.4 is 14.8 Å². The van der Waals surface area contributed by atoms with Gasteiger partial charge < -0.3 is 14.0 Å². The van der Waals surface area contributed by atoms with Crippen LogP contribution in [-0.2, 0) is 22.7 Å². The van der Waals surface area contributed by atoms with Crippen LogP contribution in [0.3, 0.4) is 0 Å². The molecule has 2 heterocycles. The van der Waals surface area contributed by atoms with Crippen LogP contribution in [0.2, 0.25) is 0 Å². The highest BCUT2D eigenvalue weighted by molar-refractivity contribution is 6.31. The molecule has 1 N–H and O–H groups in total. The molecule has 1 saturated heterocycles. The Bertz CT molecular complexity index is 1520. The second-order valence-corrected chi connectivity index (χ2v) is 8.84. The van der Waals surface area contributed by atoms with E-state index in [1.54, 1.807) is 13.2 Å². The zero-order chi connectivity index (χ0) is 26.5. The molecule has 0 radical (unpaired) electrons. The fourth-order valence-corrected chi connectivity index (χ4v) is 4.49. The van der Waals surface area contributed by atoms with E-state index in [4.69, 9.17) is 9.47 Å². The van der Waals surface area contributed by atoms with E-state index in [1.165, 1.54) is 0 Å². The summed E-state index contributed by atoms with van der Waals surface area (Å²) in [5, 5.41) is 3.20. The number of para-hydroxylation sites is 3. The molecule has 3 aromatic carbocycles. The highest BCUT2D eigenvalue weighted by atomic mass is 16.5. The van der Waals surface area contributed by atoms with Crippen molar-refractivity contribution >= 4 is 34.8 Å². The number of aromatic nitrogens is 1. The van der Waals surface area contributed by atoms with Gasteiger partial charge in [-0.3, -0.25) is 19.8 Å². The van der Waals surface area contributed by atoms with Gasteiger partial charge in [0.1, 0.15) is 5.57 Å². The van der Waals surface area contributed by atoms with Gasteiger partial charge in [0.25, 0.3) is 11.8 Å². The van der Waals surface area contributed by atoms with Crippen LogP contribution in [0.25, 0.3) is 17.0 Å². The Kier molecular flexibility index (Phi) is 7.21. The van der Waals surface area contributed by atoms with E-state index in [0.717, 1.165) is 33.4 Å². The average molecular weight is 510 g/mol. The summed E-state index contributed by atoms with van der Waals surface area (Å²) < 4.78 is 13.3. The van der Waals surface area contributed by atoms with Gasteiger partial charge in [-0.25, -0.2) is 4.79 Å². The molecule has 1 aromatic heterocycles. The number of amides is 4. The Balaban J connectivity index is 1.36. The smallest absolute Gasteiger partial charge is 0.331 e. The van der Waals surface area contributed by atoms with E-state index in [-0.39, 0.29) is 12.1 Å². The lowest BCUT2D eigenvalue weighted by Gasteiger charge is -2.26. The minimum atomic E-state index is -0.724. The number of carbonyl (C=O) groups excluding carboxylic acids is 3. The van der Waals surface area contributed by atoms with Gasteiger partial charge in [-0.2, -0.15) is 0 Å². The molecule has 0 bridgehead atoms. The van der Waals surface area contributed by atoms with Crippen molar-refractivity contribution in [2.24, 2.45) is 0 Å². The number of carbonyl (C=O) groups is 3. The third-order valence-electron chi connectivity index (χ3n) is 6.36. The summed E-state index contributed by atoms with van der Waals surface area (Å²) in [4.78, 5) is 39.4. The summed E-state index contributed by atoms with van der Waals surface area (Å²) in [5.74, 6) is 0.0493. The summed E-state index contributed by atoms with van der Waals surface area (Å²) in [6.07, 6.45) is 4.21. The first-order valence-corrected chi connectivity index (χ1v) is 12.3. The van der Waals surface area contributed by atoms with E-state index in [9.17, 15) is 14.4 Å². The van der Waals surface area contributed by atoms with E-state index >= 15 is 0 Å². The number of methoxy groups -OCH3 is 1. The highest BCUT2D eigenvalue weighted by Gasteiger charge is 2.35. The van der Waals surface area contributed by atoms with Crippen molar-refractivity contribution in [3.8, 4) is 11.5 Å². The Labute approximate surface area is 220 Å². The number of hydrogen-bond acceptors (Lipinski definition) is 5. The molecule has 8 heteroatoms. The second kappa shape index (κ2) is 11.0. The van der Waals surface area contributed by atoms with Crippen molar-refractivity contribution in [1.82, 2.24) is 14.8 Å². The van der Waals surface area contributed by atoms with Crippen LogP contribution in [0.1, 0.15) is 17.5 Å². The number of barbiturate groups is 1. The van der Waals surface area contributed by atoms with E-state index in [0.29, 0.717) is 24.7 Å². The zero-order valence-electron chi connectivity index (χ0n) is 20.9. The maximum Gasteiger partial charge on any atom is 0.331 e. The third kappa shape index (κ3) is 5.15. The van der Waals surface area contributed by atoms with E-state index in [2.05, 4.69) is 9.88 Å². The highest BCUT2D eigenvalue weighted by Crippen LogP contribution is 2.27. The van der Waals surface area contributed by atoms with E-state index in [1.807, 2.05) is 85.1 Å². The van der Waals surface area contributed by atoms with Crippen molar-refractivity contribution in [2.75, 3.05) is 13.7 Å². The molecule has 0 atom stereocenters. The lowest BCUT2D eigenvalue weighted by Crippen LogP contribution is -2.53. The normalized spacial score (nSPS) is 14.7. The number of fused-ring (bicyclic) bond motifs is 1. The topological polar surface area (TPSA) is 89.9 Å². The van der Waals surface area contributed by atoms with Gasteiger partial charge in [-0.15, -0.1) is 0 Å². The first kappa shape index (κ1) is 24.8. The average Bonchev–Trinajstić information content (AvgIpc) is 3.29. The molecule has 38 heavy (non-hydrogen) atoms. The minimum absolute atomic E-state index is 0.0735. The summed E-state index contributed by atoms with van der Waals surface area (Å²) >= 11 is 0. The molecule has 4 aromatic rings. The first-order valence-electron chi connectivity index (χ1n) is 12.3. The minimum Gasteiger partial charge on any atom is -0.493 e. The molecule has 4 amide bonds. The molecule has 0 unspecified atom stereocenters. The molecular weight excluding hydrogens is 482 g/mol. The molecule has 0 aliphatic carbocycles. The van der Waals surface area contributed by atoms with Crippen molar-refractivity contribution in [3.05, 3.63) is 102 Å². The van der Waals surface area contributed by atoms with Crippen molar-refractivity contribution in [1.29, 1.82) is 0 Å². The predicted octanol–water partition coefficient (Wildman–Crippen LogP) is 4.78. The van der Waals surface area contributed by atoms with Crippen molar-refractivity contribution in [2.45, 2.75) is 19.5 Å². The van der Waals surface area contributed by atoms with Crippen LogP contribution >= 0.6 is 0 Å².